The van der Waals surface area contributed by atoms with E-state index in [2.05, 4.69) is 15.4 Å². The van der Waals surface area contributed by atoms with Gasteiger partial charge in [0.25, 0.3) is 0 Å². The van der Waals surface area contributed by atoms with Gasteiger partial charge in [-0.15, -0.1) is 0 Å². The third kappa shape index (κ3) is 7.78. The van der Waals surface area contributed by atoms with Gasteiger partial charge >= 0.3 is 0 Å². The van der Waals surface area contributed by atoms with Gasteiger partial charge in [-0.1, -0.05) is 13.8 Å². The van der Waals surface area contributed by atoms with Crippen LogP contribution in [0.5, 0.6) is 0 Å². The van der Waals surface area contributed by atoms with Crippen LogP contribution in [0.1, 0.15) is 40.0 Å². The van der Waals surface area contributed by atoms with Crippen LogP contribution >= 0.6 is 0 Å². The highest BCUT2D eigenvalue weighted by Crippen LogP contribution is 2.16. The summed E-state index contributed by atoms with van der Waals surface area (Å²) in [5, 5.41) is 6.00. The van der Waals surface area contributed by atoms with Crippen molar-refractivity contribution in [2.24, 2.45) is 11.8 Å². The average Bonchev–Trinajstić information content (AvgIpc) is 2.43. The van der Waals surface area contributed by atoms with E-state index in [4.69, 9.17) is 0 Å². The summed E-state index contributed by atoms with van der Waals surface area (Å²) in [7, 11) is -3.40. The van der Waals surface area contributed by atoms with Crippen LogP contribution in [0.3, 0.4) is 0 Å². The molecule has 1 saturated heterocycles. The van der Waals surface area contributed by atoms with E-state index >= 15 is 0 Å². The zero-order valence-electron chi connectivity index (χ0n) is 13.3. The fourth-order valence-electron chi connectivity index (χ4n) is 2.33. The molecule has 1 amide bonds. The normalized spacial score (nSPS) is 18.7. The SMILES string of the molecule is CC(C)CNC(=O)C(C)NS(=O)(=O)CCC1CCNCC1. The van der Waals surface area contributed by atoms with Crippen molar-refractivity contribution in [3.63, 3.8) is 0 Å². The van der Waals surface area contributed by atoms with E-state index in [1.165, 1.54) is 0 Å². The Morgan fingerprint density at radius 1 is 1.24 bits per heavy atom. The average molecular weight is 319 g/mol. The predicted octanol–water partition coefficient (Wildman–Crippen LogP) is 0.456. The second kappa shape index (κ2) is 8.70. The van der Waals surface area contributed by atoms with Gasteiger partial charge in [0.2, 0.25) is 15.9 Å². The van der Waals surface area contributed by atoms with Gasteiger partial charge in [-0.05, 0) is 51.1 Å². The number of hydrogen-bond acceptors (Lipinski definition) is 4. The molecule has 0 aromatic carbocycles. The first-order valence-electron chi connectivity index (χ1n) is 7.78. The van der Waals surface area contributed by atoms with Crippen molar-refractivity contribution in [3.8, 4) is 0 Å². The highest BCUT2D eigenvalue weighted by atomic mass is 32.2. The van der Waals surface area contributed by atoms with E-state index in [9.17, 15) is 13.2 Å². The lowest BCUT2D eigenvalue weighted by molar-refractivity contribution is -0.122. The molecule has 1 fully saturated rings. The molecule has 1 atom stereocenters. The fourth-order valence-corrected chi connectivity index (χ4v) is 3.74. The molecule has 7 heteroatoms. The zero-order valence-corrected chi connectivity index (χ0v) is 14.1. The van der Waals surface area contributed by atoms with Crippen LogP contribution in [0.2, 0.25) is 0 Å². The number of carbonyl (C=O) groups is 1. The summed E-state index contributed by atoms with van der Waals surface area (Å²) in [4.78, 5) is 11.8. The third-order valence-corrected chi connectivity index (χ3v) is 5.17. The van der Waals surface area contributed by atoms with E-state index in [1.54, 1.807) is 6.92 Å². The van der Waals surface area contributed by atoms with Crippen molar-refractivity contribution >= 4 is 15.9 Å². The molecule has 6 nitrogen and oxygen atoms in total. The fraction of sp³-hybridized carbons (Fsp3) is 0.929. The first-order valence-corrected chi connectivity index (χ1v) is 9.44. The zero-order chi connectivity index (χ0) is 15.9. The van der Waals surface area contributed by atoms with Crippen LogP contribution < -0.4 is 15.4 Å². The maximum absolute atomic E-state index is 12.0. The number of piperidine rings is 1. The molecular formula is C14H29N3O3S. The molecular weight excluding hydrogens is 290 g/mol. The van der Waals surface area contributed by atoms with Gasteiger partial charge in [0, 0.05) is 6.54 Å². The smallest absolute Gasteiger partial charge is 0.237 e. The van der Waals surface area contributed by atoms with Crippen LogP contribution in [0.4, 0.5) is 0 Å². The van der Waals surface area contributed by atoms with Gasteiger partial charge in [0.1, 0.15) is 0 Å². The van der Waals surface area contributed by atoms with Crippen molar-refractivity contribution in [1.29, 1.82) is 0 Å². The molecule has 0 bridgehead atoms. The van der Waals surface area contributed by atoms with Gasteiger partial charge < -0.3 is 10.6 Å². The molecule has 3 N–H and O–H groups in total. The van der Waals surface area contributed by atoms with E-state index in [1.807, 2.05) is 13.8 Å². The molecule has 1 unspecified atom stereocenters. The van der Waals surface area contributed by atoms with Gasteiger partial charge in [-0.2, -0.15) is 0 Å². The van der Waals surface area contributed by atoms with Crippen LogP contribution in [-0.4, -0.2) is 45.8 Å². The van der Waals surface area contributed by atoms with Gasteiger partial charge in [0.15, 0.2) is 0 Å². The quantitative estimate of drug-likeness (QED) is 0.606. The summed E-state index contributed by atoms with van der Waals surface area (Å²) < 4.78 is 26.5. The maximum Gasteiger partial charge on any atom is 0.237 e. The number of carbonyl (C=O) groups excluding carboxylic acids is 1. The van der Waals surface area contributed by atoms with Crippen LogP contribution in [0, 0.1) is 11.8 Å². The Kier molecular flexibility index (Phi) is 7.62. The number of rotatable bonds is 8. The number of sulfonamides is 1. The molecule has 1 aliphatic heterocycles. The van der Waals surface area contributed by atoms with Crippen LogP contribution in [-0.2, 0) is 14.8 Å². The number of amides is 1. The minimum atomic E-state index is -3.40. The molecule has 0 radical (unpaired) electrons. The summed E-state index contributed by atoms with van der Waals surface area (Å²) >= 11 is 0. The largest absolute Gasteiger partial charge is 0.354 e. The van der Waals surface area contributed by atoms with E-state index in [0.29, 0.717) is 24.8 Å². The molecule has 0 aliphatic carbocycles. The summed E-state index contributed by atoms with van der Waals surface area (Å²) in [6.07, 6.45) is 2.72. The van der Waals surface area contributed by atoms with Crippen LogP contribution in [0.25, 0.3) is 0 Å². The van der Waals surface area contributed by atoms with Crippen molar-refractivity contribution < 1.29 is 13.2 Å². The van der Waals surface area contributed by atoms with E-state index in [0.717, 1.165) is 25.9 Å². The molecule has 0 aromatic rings. The Morgan fingerprint density at radius 2 is 1.86 bits per heavy atom. The van der Waals surface area contributed by atoms with Crippen molar-refractivity contribution in [2.45, 2.75) is 46.1 Å². The Morgan fingerprint density at radius 3 is 2.43 bits per heavy atom. The molecule has 0 aromatic heterocycles. The first-order chi connectivity index (χ1) is 9.80. The van der Waals surface area contributed by atoms with Gasteiger partial charge in [0.05, 0.1) is 11.8 Å². The molecule has 1 aliphatic rings. The van der Waals surface area contributed by atoms with Gasteiger partial charge in [-0.25, -0.2) is 13.1 Å². The summed E-state index contributed by atoms with van der Waals surface area (Å²) in [5.41, 5.74) is 0. The highest BCUT2D eigenvalue weighted by Gasteiger charge is 2.22. The van der Waals surface area contributed by atoms with E-state index in [-0.39, 0.29) is 11.7 Å². The van der Waals surface area contributed by atoms with Crippen molar-refractivity contribution in [3.05, 3.63) is 0 Å². The lowest BCUT2D eigenvalue weighted by Crippen LogP contribution is -2.46. The Hall–Kier alpha value is -0.660. The standard InChI is InChI=1S/C14H29N3O3S/c1-11(2)10-16-14(18)12(3)17-21(19,20)9-6-13-4-7-15-8-5-13/h11-13,15,17H,4-10H2,1-3H3,(H,16,18). The minimum absolute atomic E-state index is 0.0967. The maximum atomic E-state index is 12.0. The summed E-state index contributed by atoms with van der Waals surface area (Å²) in [6, 6.07) is -0.721. The van der Waals surface area contributed by atoms with Crippen LogP contribution in [0.15, 0.2) is 0 Å². The molecule has 124 valence electrons. The summed E-state index contributed by atoms with van der Waals surface area (Å²) in [5.74, 6) is 0.638. The summed E-state index contributed by atoms with van der Waals surface area (Å²) in [6.45, 7) is 8.05. The van der Waals surface area contributed by atoms with E-state index < -0.39 is 16.1 Å². The van der Waals surface area contributed by atoms with Crippen molar-refractivity contribution in [1.82, 2.24) is 15.4 Å². The Labute approximate surface area is 128 Å². The number of nitrogens with one attached hydrogen (secondary N) is 3. The first kappa shape index (κ1) is 18.4. The molecule has 0 spiro atoms. The van der Waals surface area contributed by atoms with Gasteiger partial charge in [-0.3, -0.25) is 4.79 Å². The molecule has 1 rings (SSSR count). The number of hydrogen-bond donors (Lipinski definition) is 3. The lowest BCUT2D eigenvalue weighted by atomic mass is 9.96. The lowest BCUT2D eigenvalue weighted by Gasteiger charge is -2.22. The topological polar surface area (TPSA) is 87.3 Å². The third-order valence-electron chi connectivity index (χ3n) is 3.69. The highest BCUT2D eigenvalue weighted by molar-refractivity contribution is 7.89. The molecule has 0 saturated carbocycles. The minimum Gasteiger partial charge on any atom is -0.354 e. The van der Waals surface area contributed by atoms with Crippen molar-refractivity contribution in [2.75, 3.05) is 25.4 Å². The Balaban J connectivity index is 2.34. The second-order valence-corrected chi connectivity index (χ2v) is 8.15. The molecule has 1 heterocycles. The molecule has 21 heavy (non-hydrogen) atoms. The monoisotopic (exact) mass is 319 g/mol. The predicted molar refractivity (Wildman–Crippen MR) is 84.4 cm³/mol. The second-order valence-electron chi connectivity index (χ2n) is 6.28. The Bertz CT molecular complexity index is 417.